The molecule has 7 nitrogen and oxygen atoms in total. The minimum atomic E-state index is -0.117. The van der Waals surface area contributed by atoms with Crippen LogP contribution in [-0.2, 0) is 4.79 Å². The number of methoxy groups -OCH3 is 1. The van der Waals surface area contributed by atoms with Crippen LogP contribution in [0, 0.1) is 0 Å². The van der Waals surface area contributed by atoms with E-state index in [2.05, 4.69) is 20.9 Å². The topological polar surface area (TPSA) is 84.0 Å². The van der Waals surface area contributed by atoms with Gasteiger partial charge in [0, 0.05) is 24.8 Å². The van der Waals surface area contributed by atoms with E-state index in [1.165, 1.54) is 0 Å². The van der Waals surface area contributed by atoms with Crippen molar-refractivity contribution in [2.24, 2.45) is 4.99 Å². The zero-order valence-corrected chi connectivity index (χ0v) is 14.2. The van der Waals surface area contributed by atoms with Crippen LogP contribution in [0.25, 0.3) is 0 Å². The lowest BCUT2D eigenvalue weighted by atomic mass is 10.2. The summed E-state index contributed by atoms with van der Waals surface area (Å²) in [4.78, 5) is 15.8. The van der Waals surface area contributed by atoms with Crippen LogP contribution in [0.4, 0.5) is 5.69 Å². The maximum Gasteiger partial charge on any atom is 0.241 e. The van der Waals surface area contributed by atoms with Gasteiger partial charge in [-0.3, -0.25) is 4.79 Å². The molecule has 0 saturated carbocycles. The van der Waals surface area contributed by atoms with E-state index in [0.717, 1.165) is 5.69 Å². The lowest BCUT2D eigenvalue weighted by Crippen LogP contribution is -2.33. The van der Waals surface area contributed by atoms with Gasteiger partial charge in [0.05, 0.1) is 13.7 Å². The second-order valence-electron chi connectivity index (χ2n) is 4.57. The summed E-state index contributed by atoms with van der Waals surface area (Å²) in [5, 5.41) is 8.95. The average molecular weight is 322 g/mol. The monoisotopic (exact) mass is 322 g/mol. The molecule has 0 fully saturated rings. The van der Waals surface area contributed by atoms with Crippen LogP contribution >= 0.6 is 0 Å². The van der Waals surface area contributed by atoms with Crippen LogP contribution in [-0.4, -0.2) is 45.2 Å². The Balaban J connectivity index is 2.83. The Morgan fingerprint density at radius 2 is 1.87 bits per heavy atom. The quantitative estimate of drug-likeness (QED) is 0.500. The van der Waals surface area contributed by atoms with Crippen molar-refractivity contribution in [1.29, 1.82) is 0 Å². The molecule has 0 aromatic heterocycles. The molecule has 0 aliphatic carbocycles. The Morgan fingerprint density at radius 3 is 2.48 bits per heavy atom. The number of carbonyl (C=O) groups is 1. The molecule has 0 saturated heterocycles. The zero-order valence-electron chi connectivity index (χ0n) is 14.2. The van der Waals surface area contributed by atoms with Crippen molar-refractivity contribution in [3.63, 3.8) is 0 Å². The van der Waals surface area contributed by atoms with Crippen molar-refractivity contribution in [2.45, 2.75) is 20.8 Å². The Bertz CT molecular complexity index is 532. The van der Waals surface area contributed by atoms with Crippen molar-refractivity contribution in [1.82, 2.24) is 10.6 Å². The maximum atomic E-state index is 11.5. The van der Waals surface area contributed by atoms with Crippen LogP contribution in [0.3, 0.4) is 0 Å². The molecule has 1 aromatic carbocycles. The van der Waals surface area contributed by atoms with Crippen LogP contribution in [0.5, 0.6) is 11.5 Å². The Labute approximate surface area is 137 Å². The smallest absolute Gasteiger partial charge is 0.241 e. The molecule has 0 aliphatic heterocycles. The van der Waals surface area contributed by atoms with Gasteiger partial charge in [0.15, 0.2) is 17.5 Å². The number of carbonyl (C=O) groups excluding carboxylic acids is 1. The number of rotatable bonds is 8. The molecular formula is C16H26N4O3. The molecule has 0 heterocycles. The van der Waals surface area contributed by atoms with E-state index >= 15 is 0 Å². The minimum absolute atomic E-state index is 0.0668. The minimum Gasteiger partial charge on any atom is -0.493 e. The number of aliphatic imine (C=N–C) groups is 1. The first-order valence-electron chi connectivity index (χ1n) is 7.77. The number of nitrogens with zero attached hydrogens (tertiary/aromatic N) is 1. The number of benzene rings is 1. The van der Waals surface area contributed by atoms with E-state index in [-0.39, 0.29) is 12.5 Å². The molecule has 1 amide bonds. The van der Waals surface area contributed by atoms with E-state index in [9.17, 15) is 4.79 Å². The Morgan fingerprint density at radius 1 is 1.13 bits per heavy atom. The van der Waals surface area contributed by atoms with Gasteiger partial charge >= 0.3 is 0 Å². The van der Waals surface area contributed by atoms with E-state index in [4.69, 9.17) is 9.47 Å². The number of nitrogens with one attached hydrogen (secondary N) is 3. The lowest BCUT2D eigenvalue weighted by molar-refractivity contribution is -0.119. The lowest BCUT2D eigenvalue weighted by Gasteiger charge is -2.14. The second kappa shape index (κ2) is 10.3. The van der Waals surface area contributed by atoms with Gasteiger partial charge in [-0.15, -0.1) is 0 Å². The fourth-order valence-corrected chi connectivity index (χ4v) is 1.87. The highest BCUT2D eigenvalue weighted by Crippen LogP contribution is 2.30. The summed E-state index contributed by atoms with van der Waals surface area (Å²) in [6.45, 7) is 7.67. The third-order valence-corrected chi connectivity index (χ3v) is 2.83. The Kier molecular flexibility index (Phi) is 8.34. The molecular weight excluding hydrogens is 296 g/mol. The first-order valence-corrected chi connectivity index (χ1v) is 7.77. The van der Waals surface area contributed by atoms with Gasteiger partial charge in [0.2, 0.25) is 5.91 Å². The van der Waals surface area contributed by atoms with Crippen LogP contribution in [0.2, 0.25) is 0 Å². The number of hydrogen-bond acceptors (Lipinski definition) is 4. The molecule has 23 heavy (non-hydrogen) atoms. The molecule has 0 aliphatic rings. The van der Waals surface area contributed by atoms with E-state index < -0.39 is 0 Å². The summed E-state index contributed by atoms with van der Waals surface area (Å²) in [5.74, 6) is 1.74. The van der Waals surface area contributed by atoms with Crippen molar-refractivity contribution in [2.75, 3.05) is 38.7 Å². The van der Waals surface area contributed by atoms with Crippen LogP contribution in [0.1, 0.15) is 20.8 Å². The molecule has 3 N–H and O–H groups in total. The second-order valence-corrected chi connectivity index (χ2v) is 4.57. The molecule has 128 valence electrons. The van der Waals surface area contributed by atoms with Gasteiger partial charge in [-0.05, 0) is 32.9 Å². The van der Waals surface area contributed by atoms with E-state index in [1.807, 2.05) is 39.0 Å². The molecule has 0 spiro atoms. The van der Waals surface area contributed by atoms with E-state index in [1.54, 1.807) is 7.11 Å². The van der Waals surface area contributed by atoms with E-state index in [0.29, 0.717) is 37.2 Å². The third-order valence-electron chi connectivity index (χ3n) is 2.83. The summed E-state index contributed by atoms with van der Waals surface area (Å²) in [5.41, 5.74) is 0.793. The van der Waals surface area contributed by atoms with Crippen molar-refractivity contribution in [3.05, 3.63) is 18.2 Å². The standard InChI is InChI=1S/C16H26N4O3/c1-5-17-15(21)11-19-16(18-6-2)20-12-8-9-13(23-7-3)14(10-12)22-4/h8-10H,5-7,11H2,1-4H3,(H,17,21)(H2,18,19,20). The van der Waals surface area contributed by atoms with Crippen molar-refractivity contribution >= 4 is 17.6 Å². The summed E-state index contributed by atoms with van der Waals surface area (Å²) in [7, 11) is 1.59. The molecule has 1 aromatic rings. The number of anilines is 1. The molecule has 1 rings (SSSR count). The highest BCUT2D eigenvalue weighted by Gasteiger charge is 2.07. The molecule has 0 atom stereocenters. The van der Waals surface area contributed by atoms with Gasteiger partial charge in [0.25, 0.3) is 0 Å². The highest BCUT2D eigenvalue weighted by atomic mass is 16.5. The third kappa shape index (κ3) is 6.46. The number of ether oxygens (including phenoxy) is 2. The number of likely N-dealkylation sites (N-methyl/N-ethyl adjacent to an activating group) is 1. The molecule has 0 bridgehead atoms. The fourth-order valence-electron chi connectivity index (χ4n) is 1.87. The van der Waals surface area contributed by atoms with Gasteiger partial charge in [-0.2, -0.15) is 0 Å². The SMILES string of the molecule is CCNC(=O)CN=C(NCC)Nc1ccc(OCC)c(OC)c1. The first-order chi connectivity index (χ1) is 11.1. The van der Waals surface area contributed by atoms with Crippen molar-refractivity contribution in [3.8, 4) is 11.5 Å². The summed E-state index contributed by atoms with van der Waals surface area (Å²) < 4.78 is 10.8. The predicted octanol–water partition coefficient (Wildman–Crippen LogP) is 1.61. The fraction of sp³-hybridized carbons (Fsp3) is 0.500. The van der Waals surface area contributed by atoms with Gasteiger partial charge in [0.1, 0.15) is 6.54 Å². The summed E-state index contributed by atoms with van der Waals surface area (Å²) in [6, 6.07) is 5.52. The average Bonchev–Trinajstić information content (AvgIpc) is 2.54. The molecule has 0 radical (unpaired) electrons. The summed E-state index contributed by atoms with van der Waals surface area (Å²) >= 11 is 0. The number of hydrogen-bond donors (Lipinski definition) is 3. The molecule has 7 heteroatoms. The van der Waals surface area contributed by atoms with Crippen LogP contribution in [0.15, 0.2) is 23.2 Å². The zero-order chi connectivity index (χ0) is 17.1. The highest BCUT2D eigenvalue weighted by molar-refractivity contribution is 5.95. The first kappa shape index (κ1) is 18.6. The van der Waals surface area contributed by atoms with Crippen LogP contribution < -0.4 is 25.4 Å². The largest absolute Gasteiger partial charge is 0.493 e. The van der Waals surface area contributed by atoms with Gasteiger partial charge in [-0.25, -0.2) is 4.99 Å². The maximum absolute atomic E-state index is 11.5. The summed E-state index contributed by atoms with van der Waals surface area (Å²) in [6.07, 6.45) is 0. The number of amides is 1. The molecule has 0 unspecified atom stereocenters. The van der Waals surface area contributed by atoms with Crippen molar-refractivity contribution < 1.29 is 14.3 Å². The predicted molar refractivity (Wildman–Crippen MR) is 92.4 cm³/mol. The Hall–Kier alpha value is -2.44. The van der Waals surface area contributed by atoms with Gasteiger partial charge < -0.3 is 25.4 Å². The normalized spacial score (nSPS) is 10.9. The van der Waals surface area contributed by atoms with Gasteiger partial charge in [-0.1, -0.05) is 0 Å². The number of guanidine groups is 1.